The van der Waals surface area contributed by atoms with Gasteiger partial charge in [0.2, 0.25) is 0 Å². The molecule has 3 nitrogen and oxygen atoms in total. The largest absolute Gasteiger partial charge is 0.381 e. The van der Waals surface area contributed by atoms with Gasteiger partial charge in [-0.3, -0.25) is 0 Å². The number of hydrogen-bond acceptors (Lipinski definition) is 3. The van der Waals surface area contributed by atoms with Crippen LogP contribution in [0.5, 0.6) is 0 Å². The molecular weight excluding hydrogens is 188 g/mol. The van der Waals surface area contributed by atoms with Crippen LogP contribution in [0.3, 0.4) is 0 Å². The Morgan fingerprint density at radius 2 is 1.93 bits per heavy atom. The summed E-state index contributed by atoms with van der Waals surface area (Å²) in [6.45, 7) is 3.12. The molecule has 1 heterocycles. The Labute approximate surface area is 92.7 Å². The first-order valence-electron chi connectivity index (χ1n) is 6.41. The van der Waals surface area contributed by atoms with Gasteiger partial charge in [0.15, 0.2) is 0 Å². The van der Waals surface area contributed by atoms with Crippen molar-refractivity contribution in [2.75, 3.05) is 19.8 Å². The van der Waals surface area contributed by atoms with Gasteiger partial charge in [-0.05, 0) is 51.0 Å². The van der Waals surface area contributed by atoms with Gasteiger partial charge in [0.1, 0.15) is 0 Å². The van der Waals surface area contributed by atoms with E-state index in [2.05, 4.69) is 5.32 Å². The lowest BCUT2D eigenvalue weighted by molar-refractivity contribution is 0.183. The molecule has 1 atom stereocenters. The molecule has 2 rings (SSSR count). The number of nitrogens with one attached hydrogen (secondary N) is 1. The van der Waals surface area contributed by atoms with Gasteiger partial charge in [-0.2, -0.15) is 0 Å². The molecule has 0 amide bonds. The average Bonchev–Trinajstić information content (AvgIpc) is 2.74. The number of ether oxygens (including phenoxy) is 1. The number of rotatable bonds is 4. The maximum absolute atomic E-state index is 5.88. The van der Waals surface area contributed by atoms with Gasteiger partial charge < -0.3 is 15.8 Å². The quantitative estimate of drug-likeness (QED) is 0.738. The zero-order chi connectivity index (χ0) is 10.5. The lowest BCUT2D eigenvalue weighted by atomic mass is 9.91. The van der Waals surface area contributed by atoms with E-state index in [9.17, 15) is 0 Å². The van der Waals surface area contributed by atoms with E-state index in [4.69, 9.17) is 10.5 Å². The molecule has 1 aliphatic carbocycles. The Balaban J connectivity index is 1.53. The van der Waals surface area contributed by atoms with Gasteiger partial charge in [0.25, 0.3) is 0 Å². The van der Waals surface area contributed by atoms with E-state index >= 15 is 0 Å². The maximum atomic E-state index is 5.88. The van der Waals surface area contributed by atoms with E-state index in [0.717, 1.165) is 31.7 Å². The van der Waals surface area contributed by atoms with Crippen LogP contribution < -0.4 is 11.1 Å². The predicted molar refractivity (Wildman–Crippen MR) is 61.8 cm³/mol. The van der Waals surface area contributed by atoms with E-state index in [1.165, 1.54) is 38.5 Å². The van der Waals surface area contributed by atoms with Crippen molar-refractivity contribution in [3.8, 4) is 0 Å². The minimum absolute atomic E-state index is 0.464. The first kappa shape index (κ1) is 11.4. The van der Waals surface area contributed by atoms with Gasteiger partial charge >= 0.3 is 0 Å². The van der Waals surface area contributed by atoms with Crippen LogP contribution in [0.4, 0.5) is 0 Å². The highest BCUT2D eigenvalue weighted by atomic mass is 16.5. The molecule has 0 bridgehead atoms. The van der Waals surface area contributed by atoms with Crippen molar-refractivity contribution in [1.82, 2.24) is 5.32 Å². The maximum Gasteiger partial charge on any atom is 0.0495 e. The van der Waals surface area contributed by atoms with Crippen LogP contribution in [0, 0.1) is 5.92 Å². The highest BCUT2D eigenvalue weighted by Crippen LogP contribution is 2.18. The standard InChI is InChI=1S/C12H24N2O/c13-11-1-3-12(4-2-11)14-7-5-10-6-8-15-9-10/h10-12,14H,1-9,13H2. The van der Waals surface area contributed by atoms with Crippen molar-refractivity contribution in [1.29, 1.82) is 0 Å². The van der Waals surface area contributed by atoms with Crippen LogP contribution in [-0.4, -0.2) is 31.8 Å². The summed E-state index contributed by atoms with van der Waals surface area (Å²) >= 11 is 0. The average molecular weight is 212 g/mol. The molecule has 1 saturated carbocycles. The fraction of sp³-hybridized carbons (Fsp3) is 1.00. The topological polar surface area (TPSA) is 47.3 Å². The SMILES string of the molecule is NC1CCC(NCCC2CCOC2)CC1. The molecule has 3 heteroatoms. The molecule has 0 radical (unpaired) electrons. The molecular formula is C12H24N2O. The highest BCUT2D eigenvalue weighted by molar-refractivity contribution is 4.79. The molecule has 0 spiro atoms. The fourth-order valence-corrected chi connectivity index (χ4v) is 2.63. The van der Waals surface area contributed by atoms with Crippen LogP contribution in [-0.2, 0) is 4.74 Å². The van der Waals surface area contributed by atoms with Gasteiger partial charge in [0, 0.05) is 25.3 Å². The molecule has 0 aromatic heterocycles. The molecule has 0 aromatic rings. The first-order valence-corrected chi connectivity index (χ1v) is 6.41. The van der Waals surface area contributed by atoms with Crippen molar-refractivity contribution in [2.24, 2.45) is 11.7 Å². The summed E-state index contributed by atoms with van der Waals surface area (Å²) in [6.07, 6.45) is 7.47. The molecule has 1 aliphatic heterocycles. The van der Waals surface area contributed by atoms with E-state index in [-0.39, 0.29) is 0 Å². The fourth-order valence-electron chi connectivity index (χ4n) is 2.63. The van der Waals surface area contributed by atoms with Crippen molar-refractivity contribution >= 4 is 0 Å². The molecule has 15 heavy (non-hydrogen) atoms. The van der Waals surface area contributed by atoms with Gasteiger partial charge in [-0.1, -0.05) is 0 Å². The third-order valence-electron chi connectivity index (χ3n) is 3.78. The summed E-state index contributed by atoms with van der Waals surface area (Å²) in [4.78, 5) is 0. The molecule has 88 valence electrons. The van der Waals surface area contributed by atoms with Crippen LogP contribution in [0.15, 0.2) is 0 Å². The summed E-state index contributed by atoms with van der Waals surface area (Å²) in [5, 5.41) is 3.66. The second kappa shape index (κ2) is 5.83. The van der Waals surface area contributed by atoms with Crippen molar-refractivity contribution < 1.29 is 4.74 Å². The summed E-state index contributed by atoms with van der Waals surface area (Å²) in [6, 6.07) is 1.19. The van der Waals surface area contributed by atoms with Crippen LogP contribution in [0.25, 0.3) is 0 Å². The third kappa shape index (κ3) is 3.74. The van der Waals surface area contributed by atoms with Crippen LogP contribution >= 0.6 is 0 Å². The molecule has 0 aromatic carbocycles. The smallest absolute Gasteiger partial charge is 0.0495 e. The van der Waals surface area contributed by atoms with Gasteiger partial charge in [0.05, 0.1) is 0 Å². The monoisotopic (exact) mass is 212 g/mol. The van der Waals surface area contributed by atoms with Crippen LogP contribution in [0.2, 0.25) is 0 Å². The second-order valence-electron chi connectivity index (χ2n) is 5.08. The Kier molecular flexibility index (Phi) is 4.42. The van der Waals surface area contributed by atoms with Crippen molar-refractivity contribution in [3.05, 3.63) is 0 Å². The summed E-state index contributed by atoms with van der Waals surface area (Å²) in [7, 11) is 0. The molecule has 1 unspecified atom stereocenters. The number of hydrogen-bond donors (Lipinski definition) is 2. The Morgan fingerprint density at radius 1 is 1.13 bits per heavy atom. The molecule has 2 fully saturated rings. The molecule has 2 aliphatic rings. The number of nitrogens with two attached hydrogens (primary N) is 1. The van der Waals surface area contributed by atoms with Crippen molar-refractivity contribution in [3.63, 3.8) is 0 Å². The minimum atomic E-state index is 0.464. The lowest BCUT2D eigenvalue weighted by Gasteiger charge is -2.27. The zero-order valence-electron chi connectivity index (χ0n) is 9.58. The van der Waals surface area contributed by atoms with Crippen LogP contribution in [0.1, 0.15) is 38.5 Å². The molecule has 3 N–H and O–H groups in total. The van der Waals surface area contributed by atoms with E-state index in [1.807, 2.05) is 0 Å². The first-order chi connectivity index (χ1) is 7.34. The minimum Gasteiger partial charge on any atom is -0.381 e. The Hall–Kier alpha value is -0.120. The zero-order valence-corrected chi connectivity index (χ0v) is 9.58. The summed E-state index contributed by atoms with van der Waals surface area (Å²) in [5.74, 6) is 0.809. The van der Waals surface area contributed by atoms with E-state index in [1.54, 1.807) is 0 Å². The predicted octanol–water partition coefficient (Wildman–Crippen LogP) is 1.27. The second-order valence-corrected chi connectivity index (χ2v) is 5.08. The normalized spacial score (nSPS) is 37.0. The third-order valence-corrected chi connectivity index (χ3v) is 3.78. The Bertz CT molecular complexity index is 172. The highest BCUT2D eigenvalue weighted by Gasteiger charge is 2.19. The lowest BCUT2D eigenvalue weighted by Crippen LogP contribution is -2.38. The molecule has 1 saturated heterocycles. The van der Waals surface area contributed by atoms with E-state index in [0.29, 0.717) is 6.04 Å². The van der Waals surface area contributed by atoms with Gasteiger partial charge in [-0.15, -0.1) is 0 Å². The Morgan fingerprint density at radius 3 is 2.60 bits per heavy atom. The van der Waals surface area contributed by atoms with Gasteiger partial charge in [-0.25, -0.2) is 0 Å². The van der Waals surface area contributed by atoms with Crippen molar-refractivity contribution in [2.45, 2.75) is 50.6 Å². The summed E-state index contributed by atoms with van der Waals surface area (Å²) < 4.78 is 5.37. The van der Waals surface area contributed by atoms with E-state index < -0.39 is 0 Å². The summed E-state index contributed by atoms with van der Waals surface area (Å²) in [5.41, 5.74) is 5.88.